The van der Waals surface area contributed by atoms with E-state index in [1.54, 1.807) is 29.2 Å². The maximum atomic E-state index is 13.0. The number of carbonyl (C=O) groups excluding carboxylic acids is 2. The summed E-state index contributed by atoms with van der Waals surface area (Å²) < 4.78 is 26.4. The molecule has 0 aromatic heterocycles. The number of hydrogen-bond acceptors (Lipinski definition) is 4. The molecule has 0 spiro atoms. The minimum atomic E-state index is -3.70. The second-order valence-corrected chi connectivity index (χ2v) is 11.6. The maximum absolute atomic E-state index is 13.0. The molecule has 9 heteroatoms. The first-order valence-corrected chi connectivity index (χ1v) is 13.4. The molecule has 0 atom stereocenters. The van der Waals surface area contributed by atoms with Crippen molar-refractivity contribution in [2.75, 3.05) is 23.7 Å². The van der Waals surface area contributed by atoms with Crippen molar-refractivity contribution in [3.8, 4) is 0 Å². The van der Waals surface area contributed by atoms with Crippen molar-refractivity contribution in [2.24, 2.45) is 5.92 Å². The zero-order valence-electron chi connectivity index (χ0n) is 17.4. The number of halogens is 2. The van der Waals surface area contributed by atoms with E-state index in [-0.39, 0.29) is 34.8 Å². The second-order valence-electron chi connectivity index (χ2n) is 8.22. The summed E-state index contributed by atoms with van der Waals surface area (Å²) in [7, 11) is -3.70. The normalized spacial score (nSPS) is 15.5. The van der Waals surface area contributed by atoms with Gasteiger partial charge in [0.05, 0.1) is 10.6 Å². The third kappa shape index (κ3) is 5.35. The number of benzene rings is 2. The summed E-state index contributed by atoms with van der Waals surface area (Å²) in [5.41, 5.74) is 2.68. The quantitative estimate of drug-likeness (QED) is 0.551. The second kappa shape index (κ2) is 9.53. The lowest BCUT2D eigenvalue weighted by atomic mass is 10.1. The van der Waals surface area contributed by atoms with E-state index in [4.69, 9.17) is 11.6 Å². The fourth-order valence-electron chi connectivity index (χ4n) is 3.83. The van der Waals surface area contributed by atoms with Gasteiger partial charge in [0.15, 0.2) is 9.84 Å². The van der Waals surface area contributed by atoms with Crippen molar-refractivity contribution in [2.45, 2.75) is 37.0 Å². The minimum Gasteiger partial charge on any atom is -0.356 e. The third-order valence-corrected chi connectivity index (χ3v) is 8.72. The van der Waals surface area contributed by atoms with E-state index in [0.717, 1.165) is 24.0 Å². The Morgan fingerprint density at radius 2 is 1.88 bits per heavy atom. The molecule has 32 heavy (non-hydrogen) atoms. The zero-order valence-corrected chi connectivity index (χ0v) is 20.6. The highest BCUT2D eigenvalue weighted by Gasteiger charge is 2.37. The Morgan fingerprint density at radius 1 is 1.16 bits per heavy atom. The number of nitrogens with zero attached hydrogens (tertiary/aromatic N) is 1. The Kier molecular flexibility index (Phi) is 6.93. The van der Waals surface area contributed by atoms with Crippen LogP contribution in [0.2, 0.25) is 5.02 Å². The van der Waals surface area contributed by atoms with E-state index in [9.17, 15) is 18.0 Å². The van der Waals surface area contributed by atoms with Crippen molar-refractivity contribution in [3.63, 3.8) is 0 Å². The number of rotatable bonds is 8. The van der Waals surface area contributed by atoms with Gasteiger partial charge in [-0.15, -0.1) is 0 Å². The number of carbonyl (C=O) groups is 2. The maximum Gasteiger partial charge on any atom is 0.230 e. The van der Waals surface area contributed by atoms with Gasteiger partial charge in [-0.3, -0.25) is 9.59 Å². The van der Waals surface area contributed by atoms with Crippen molar-refractivity contribution >= 4 is 54.9 Å². The molecule has 1 fully saturated rings. The molecule has 2 aromatic rings. The average molecular weight is 540 g/mol. The number of sulfone groups is 1. The molecule has 0 unspecified atom stereocenters. The van der Waals surface area contributed by atoms with Crippen LogP contribution in [-0.4, -0.2) is 39.1 Å². The van der Waals surface area contributed by atoms with E-state index < -0.39 is 9.84 Å². The topological polar surface area (TPSA) is 83.6 Å². The van der Waals surface area contributed by atoms with Gasteiger partial charge in [-0.1, -0.05) is 23.7 Å². The van der Waals surface area contributed by atoms with Crippen LogP contribution in [0.15, 0.2) is 45.8 Å². The molecule has 1 saturated carbocycles. The Bertz CT molecular complexity index is 1150. The standard InChI is InChI=1S/C23H24BrClN2O4S/c24-19-13-17-8-11-27(23(29)16-3-4-16)20(17)14-21(19)32(30,31)12-9-22(28)26-10-7-15-1-5-18(25)6-2-15/h1-2,5-6,13-14,16H,3-4,7-12H2,(H,26,28). The minimum absolute atomic E-state index is 0.0706. The van der Waals surface area contributed by atoms with Gasteiger partial charge in [0.2, 0.25) is 11.8 Å². The molecule has 1 aliphatic heterocycles. The molecule has 0 saturated heterocycles. The smallest absolute Gasteiger partial charge is 0.230 e. The molecule has 0 radical (unpaired) electrons. The number of nitrogens with one attached hydrogen (secondary N) is 1. The van der Waals surface area contributed by atoms with Crippen LogP contribution in [0.1, 0.15) is 30.4 Å². The molecule has 1 N–H and O–H groups in total. The number of hydrogen-bond donors (Lipinski definition) is 1. The highest BCUT2D eigenvalue weighted by atomic mass is 79.9. The van der Waals surface area contributed by atoms with Gasteiger partial charge in [-0.05, 0) is 77.0 Å². The first-order chi connectivity index (χ1) is 15.2. The lowest BCUT2D eigenvalue weighted by molar-refractivity contribution is -0.121. The Morgan fingerprint density at radius 3 is 2.56 bits per heavy atom. The van der Waals surface area contributed by atoms with Crippen LogP contribution in [0.5, 0.6) is 0 Å². The predicted molar refractivity (Wildman–Crippen MR) is 128 cm³/mol. The lowest BCUT2D eigenvalue weighted by Crippen LogP contribution is -2.30. The van der Waals surface area contributed by atoms with Gasteiger partial charge in [0.25, 0.3) is 0 Å². The van der Waals surface area contributed by atoms with Crippen LogP contribution < -0.4 is 10.2 Å². The van der Waals surface area contributed by atoms with Crippen LogP contribution in [0.3, 0.4) is 0 Å². The third-order valence-electron chi connectivity index (χ3n) is 5.80. The van der Waals surface area contributed by atoms with Crippen LogP contribution in [0, 0.1) is 5.92 Å². The molecule has 4 rings (SSSR count). The molecule has 0 bridgehead atoms. The summed E-state index contributed by atoms with van der Waals surface area (Å²) in [6.07, 6.45) is 3.02. The van der Waals surface area contributed by atoms with E-state index >= 15 is 0 Å². The van der Waals surface area contributed by atoms with Crippen LogP contribution in [-0.2, 0) is 32.3 Å². The first-order valence-electron chi connectivity index (χ1n) is 10.6. The van der Waals surface area contributed by atoms with E-state index in [0.29, 0.717) is 41.1 Å². The van der Waals surface area contributed by atoms with Gasteiger partial charge in [-0.25, -0.2) is 8.42 Å². The summed E-state index contributed by atoms with van der Waals surface area (Å²) in [6.45, 7) is 0.998. The SMILES string of the molecule is O=C(CCS(=O)(=O)c1cc2c(cc1Br)CCN2C(=O)C1CC1)NCCc1ccc(Cl)cc1. The van der Waals surface area contributed by atoms with Crippen LogP contribution in [0.25, 0.3) is 0 Å². The highest BCUT2D eigenvalue weighted by Crippen LogP contribution is 2.39. The van der Waals surface area contributed by atoms with Gasteiger partial charge in [0.1, 0.15) is 0 Å². The molecular weight excluding hydrogens is 516 g/mol. The van der Waals surface area contributed by atoms with Crippen molar-refractivity contribution in [3.05, 3.63) is 57.0 Å². The number of fused-ring (bicyclic) bond motifs is 1. The van der Waals surface area contributed by atoms with Gasteiger partial charge < -0.3 is 10.2 Å². The van der Waals surface area contributed by atoms with Crippen molar-refractivity contribution in [1.29, 1.82) is 0 Å². The van der Waals surface area contributed by atoms with Gasteiger partial charge in [-0.2, -0.15) is 0 Å². The highest BCUT2D eigenvalue weighted by molar-refractivity contribution is 9.10. The van der Waals surface area contributed by atoms with Crippen LogP contribution in [0.4, 0.5) is 5.69 Å². The molecular formula is C23H24BrClN2O4S. The largest absolute Gasteiger partial charge is 0.356 e. The molecule has 1 heterocycles. The summed E-state index contributed by atoms with van der Waals surface area (Å²) in [6, 6.07) is 10.7. The molecule has 1 aliphatic carbocycles. The molecule has 6 nitrogen and oxygen atoms in total. The molecule has 2 aromatic carbocycles. The Balaban J connectivity index is 1.37. The lowest BCUT2D eigenvalue weighted by Gasteiger charge is -2.18. The first kappa shape index (κ1) is 23.3. The van der Waals surface area contributed by atoms with Gasteiger partial charge >= 0.3 is 0 Å². The monoisotopic (exact) mass is 538 g/mol. The van der Waals surface area contributed by atoms with E-state index in [1.807, 2.05) is 12.1 Å². The van der Waals surface area contributed by atoms with Crippen LogP contribution >= 0.6 is 27.5 Å². The Labute approximate surface area is 201 Å². The Hall–Kier alpha value is -1.90. The summed E-state index contributed by atoms with van der Waals surface area (Å²) in [4.78, 5) is 26.6. The predicted octanol–water partition coefficient (Wildman–Crippen LogP) is 3.92. The van der Waals surface area contributed by atoms with E-state index in [2.05, 4.69) is 21.2 Å². The average Bonchev–Trinajstić information content (AvgIpc) is 3.53. The van der Waals surface area contributed by atoms with Gasteiger partial charge in [0, 0.05) is 40.6 Å². The molecule has 2 amide bonds. The fourth-order valence-corrected chi connectivity index (χ4v) is 6.41. The summed E-state index contributed by atoms with van der Waals surface area (Å²) in [5.74, 6) is -0.464. The zero-order chi connectivity index (χ0) is 22.9. The molecule has 170 valence electrons. The van der Waals surface area contributed by atoms with Crippen molar-refractivity contribution in [1.82, 2.24) is 5.32 Å². The number of amides is 2. The van der Waals surface area contributed by atoms with E-state index in [1.165, 1.54) is 0 Å². The summed E-state index contributed by atoms with van der Waals surface area (Å²) >= 11 is 9.23. The van der Waals surface area contributed by atoms with Crippen molar-refractivity contribution < 1.29 is 18.0 Å². The summed E-state index contributed by atoms with van der Waals surface area (Å²) in [5, 5.41) is 3.42. The fraction of sp³-hybridized carbons (Fsp3) is 0.391. The molecule has 2 aliphatic rings. The number of anilines is 1.